The van der Waals surface area contributed by atoms with Gasteiger partial charge in [-0.05, 0) is 35.2 Å². The third kappa shape index (κ3) is 3.59. The van der Waals surface area contributed by atoms with E-state index in [9.17, 15) is 4.79 Å². The fourth-order valence-electron chi connectivity index (χ4n) is 3.08. The molecule has 0 saturated carbocycles. The number of benzene rings is 3. The molecule has 1 saturated heterocycles. The SMILES string of the molecule is C=CCOc1cccc(/C=C2\SC(=S)N(c3cccc4ccccc34)C2=O)c1. The Hall–Kier alpha value is -2.89. The minimum Gasteiger partial charge on any atom is -0.490 e. The Morgan fingerprint density at radius 3 is 2.71 bits per heavy atom. The van der Waals surface area contributed by atoms with Gasteiger partial charge in [0.25, 0.3) is 5.91 Å². The van der Waals surface area contributed by atoms with Gasteiger partial charge >= 0.3 is 0 Å². The minimum absolute atomic E-state index is 0.108. The van der Waals surface area contributed by atoms with Gasteiger partial charge in [0.15, 0.2) is 4.32 Å². The molecule has 5 heteroatoms. The predicted octanol–water partition coefficient (Wildman–Crippen LogP) is 5.81. The Bertz CT molecular complexity index is 1120. The Kier molecular flexibility index (Phi) is 5.28. The molecule has 3 aromatic rings. The summed E-state index contributed by atoms with van der Waals surface area (Å²) in [4.78, 5) is 15.3. The van der Waals surface area contributed by atoms with Gasteiger partial charge in [-0.15, -0.1) is 0 Å². The van der Waals surface area contributed by atoms with Crippen molar-refractivity contribution in [2.45, 2.75) is 0 Å². The second-order valence-corrected chi connectivity index (χ2v) is 7.86. The van der Waals surface area contributed by atoms with Gasteiger partial charge in [0.05, 0.1) is 10.6 Å². The van der Waals surface area contributed by atoms with E-state index >= 15 is 0 Å². The highest BCUT2D eigenvalue weighted by atomic mass is 32.2. The van der Waals surface area contributed by atoms with Crippen LogP contribution in [0.2, 0.25) is 0 Å². The number of carbonyl (C=O) groups is 1. The van der Waals surface area contributed by atoms with Crippen molar-refractivity contribution in [2.75, 3.05) is 11.5 Å². The normalized spacial score (nSPS) is 15.4. The number of thioether (sulfide) groups is 1. The second-order valence-electron chi connectivity index (χ2n) is 6.19. The first kappa shape index (κ1) is 18.5. The summed E-state index contributed by atoms with van der Waals surface area (Å²) >= 11 is 6.85. The second kappa shape index (κ2) is 8.00. The Morgan fingerprint density at radius 1 is 1.07 bits per heavy atom. The molecule has 28 heavy (non-hydrogen) atoms. The van der Waals surface area contributed by atoms with Crippen LogP contribution in [0.1, 0.15) is 5.56 Å². The number of thiocarbonyl (C=S) groups is 1. The molecule has 0 spiro atoms. The van der Waals surface area contributed by atoms with Gasteiger partial charge in [-0.25, -0.2) is 0 Å². The van der Waals surface area contributed by atoms with Crippen molar-refractivity contribution in [2.24, 2.45) is 0 Å². The number of hydrogen-bond donors (Lipinski definition) is 0. The standard InChI is InChI=1S/C23H17NO2S2/c1-2-13-26-18-10-5-7-16(14-18)15-21-22(25)24(23(27)28-21)20-12-6-9-17-8-3-4-11-19(17)20/h2-12,14-15H,1,13H2/b21-15-. The molecule has 1 heterocycles. The number of amides is 1. The van der Waals surface area contributed by atoms with Crippen LogP contribution in [0, 0.1) is 0 Å². The van der Waals surface area contributed by atoms with Crippen LogP contribution in [0.15, 0.2) is 84.3 Å². The number of anilines is 1. The van der Waals surface area contributed by atoms with E-state index in [-0.39, 0.29) is 5.91 Å². The summed E-state index contributed by atoms with van der Waals surface area (Å²) < 4.78 is 6.11. The van der Waals surface area contributed by atoms with Crippen molar-refractivity contribution < 1.29 is 9.53 Å². The van der Waals surface area contributed by atoms with Crippen LogP contribution in [0.25, 0.3) is 16.8 Å². The van der Waals surface area contributed by atoms with Gasteiger partial charge in [-0.1, -0.05) is 85.2 Å². The van der Waals surface area contributed by atoms with Crippen LogP contribution in [0.4, 0.5) is 5.69 Å². The molecule has 0 aromatic heterocycles. The molecule has 0 radical (unpaired) electrons. The molecule has 1 fully saturated rings. The van der Waals surface area contributed by atoms with E-state index in [4.69, 9.17) is 17.0 Å². The lowest BCUT2D eigenvalue weighted by Gasteiger charge is -2.17. The molecule has 0 unspecified atom stereocenters. The zero-order valence-electron chi connectivity index (χ0n) is 15.0. The van der Waals surface area contributed by atoms with Gasteiger partial charge in [0.1, 0.15) is 12.4 Å². The Balaban J connectivity index is 1.68. The van der Waals surface area contributed by atoms with E-state index in [1.54, 1.807) is 11.0 Å². The van der Waals surface area contributed by atoms with Gasteiger partial charge in [-0.3, -0.25) is 9.69 Å². The molecular formula is C23H17NO2S2. The minimum atomic E-state index is -0.108. The fourth-order valence-corrected chi connectivity index (χ4v) is 4.36. The van der Waals surface area contributed by atoms with Crippen LogP contribution >= 0.6 is 24.0 Å². The van der Waals surface area contributed by atoms with E-state index in [2.05, 4.69) is 6.58 Å². The molecule has 0 atom stereocenters. The largest absolute Gasteiger partial charge is 0.490 e. The molecule has 0 aliphatic carbocycles. The number of rotatable bonds is 5. The van der Waals surface area contributed by atoms with E-state index in [1.165, 1.54) is 11.8 Å². The van der Waals surface area contributed by atoms with Crippen molar-refractivity contribution in [1.82, 2.24) is 0 Å². The average molecular weight is 404 g/mol. The van der Waals surface area contributed by atoms with Crippen LogP contribution in [-0.2, 0) is 4.79 Å². The monoisotopic (exact) mass is 403 g/mol. The van der Waals surface area contributed by atoms with Crippen LogP contribution in [0.5, 0.6) is 5.75 Å². The summed E-state index contributed by atoms with van der Waals surface area (Å²) in [5, 5.41) is 2.08. The fraction of sp³-hybridized carbons (Fsp3) is 0.0435. The van der Waals surface area contributed by atoms with Gasteiger partial charge < -0.3 is 4.74 Å². The molecule has 138 valence electrons. The lowest BCUT2D eigenvalue weighted by atomic mass is 10.1. The van der Waals surface area contributed by atoms with Crippen molar-refractivity contribution in [3.05, 3.63) is 89.9 Å². The van der Waals surface area contributed by atoms with E-state index in [0.717, 1.165) is 27.8 Å². The van der Waals surface area contributed by atoms with Gasteiger partial charge in [0.2, 0.25) is 0 Å². The van der Waals surface area contributed by atoms with Crippen molar-refractivity contribution in [3.63, 3.8) is 0 Å². The van der Waals surface area contributed by atoms with Crippen LogP contribution in [-0.4, -0.2) is 16.8 Å². The third-order valence-electron chi connectivity index (χ3n) is 4.32. The first-order valence-electron chi connectivity index (χ1n) is 8.77. The highest BCUT2D eigenvalue weighted by molar-refractivity contribution is 8.27. The molecule has 4 rings (SSSR count). The molecular weight excluding hydrogens is 386 g/mol. The summed E-state index contributed by atoms with van der Waals surface area (Å²) in [6.45, 7) is 4.09. The molecule has 0 N–H and O–H groups in total. The molecule has 3 aromatic carbocycles. The van der Waals surface area contributed by atoms with Crippen LogP contribution < -0.4 is 9.64 Å². The summed E-state index contributed by atoms with van der Waals surface area (Å²) in [5.41, 5.74) is 1.70. The van der Waals surface area contributed by atoms with E-state index < -0.39 is 0 Å². The highest BCUT2D eigenvalue weighted by Crippen LogP contribution is 2.39. The molecule has 1 aliphatic rings. The maximum Gasteiger partial charge on any atom is 0.270 e. The Morgan fingerprint density at radius 2 is 1.86 bits per heavy atom. The predicted molar refractivity (Wildman–Crippen MR) is 122 cm³/mol. The van der Waals surface area contributed by atoms with Crippen molar-refractivity contribution in [1.29, 1.82) is 0 Å². The summed E-state index contributed by atoms with van der Waals surface area (Å²) in [7, 11) is 0. The maximum absolute atomic E-state index is 13.1. The summed E-state index contributed by atoms with van der Waals surface area (Å²) in [6, 6.07) is 21.5. The third-order valence-corrected chi connectivity index (χ3v) is 5.63. The summed E-state index contributed by atoms with van der Waals surface area (Å²) in [6.07, 6.45) is 3.55. The number of fused-ring (bicyclic) bond motifs is 1. The Labute approximate surface area is 173 Å². The average Bonchev–Trinajstić information content (AvgIpc) is 2.99. The number of carbonyl (C=O) groups excluding carboxylic acids is 1. The number of nitrogens with zero attached hydrogens (tertiary/aromatic N) is 1. The van der Waals surface area contributed by atoms with Crippen molar-refractivity contribution >= 4 is 56.7 Å². The smallest absolute Gasteiger partial charge is 0.270 e. The first-order chi connectivity index (χ1) is 13.7. The molecule has 1 aliphatic heterocycles. The molecule has 1 amide bonds. The zero-order valence-corrected chi connectivity index (χ0v) is 16.6. The van der Waals surface area contributed by atoms with Gasteiger partial charge in [0, 0.05) is 5.39 Å². The maximum atomic E-state index is 13.1. The number of hydrogen-bond acceptors (Lipinski definition) is 4. The highest BCUT2D eigenvalue weighted by Gasteiger charge is 2.34. The quantitative estimate of drug-likeness (QED) is 0.305. The van der Waals surface area contributed by atoms with Crippen molar-refractivity contribution in [3.8, 4) is 5.75 Å². The van der Waals surface area contributed by atoms with E-state index in [1.807, 2.05) is 72.8 Å². The van der Waals surface area contributed by atoms with Crippen LogP contribution in [0.3, 0.4) is 0 Å². The first-order valence-corrected chi connectivity index (χ1v) is 9.99. The molecule has 0 bridgehead atoms. The molecule has 3 nitrogen and oxygen atoms in total. The lowest BCUT2D eigenvalue weighted by molar-refractivity contribution is -0.113. The van der Waals surface area contributed by atoms with E-state index in [0.29, 0.717) is 15.8 Å². The summed E-state index contributed by atoms with van der Waals surface area (Å²) in [5.74, 6) is 0.627. The zero-order chi connectivity index (χ0) is 19.5. The topological polar surface area (TPSA) is 29.5 Å². The van der Waals surface area contributed by atoms with Gasteiger partial charge in [-0.2, -0.15) is 0 Å². The number of ether oxygens (including phenoxy) is 1. The lowest BCUT2D eigenvalue weighted by Crippen LogP contribution is -2.27.